The molecule has 7 heteroatoms. The lowest BCUT2D eigenvalue weighted by Crippen LogP contribution is -2.28. The number of pyridine rings is 1. The van der Waals surface area contributed by atoms with Crippen molar-refractivity contribution in [2.45, 2.75) is 19.3 Å². The summed E-state index contributed by atoms with van der Waals surface area (Å²) in [7, 11) is 1.66. The molecule has 148 valence electrons. The number of allylic oxidation sites excluding steroid dienone is 1. The Morgan fingerprint density at radius 2 is 2.14 bits per heavy atom. The largest absolute Gasteiger partial charge is 0.496 e. The van der Waals surface area contributed by atoms with Crippen LogP contribution in [0.15, 0.2) is 36.2 Å². The van der Waals surface area contributed by atoms with Crippen molar-refractivity contribution in [3.05, 3.63) is 53.0 Å². The van der Waals surface area contributed by atoms with Gasteiger partial charge in [0.05, 0.1) is 18.4 Å². The molecule has 0 amide bonds. The Morgan fingerprint density at radius 3 is 2.97 bits per heavy atom. The number of nitrogens with zero attached hydrogens (tertiary/aromatic N) is 2. The number of carbonyl (C=O) groups is 1. The highest BCUT2D eigenvalue weighted by Gasteiger charge is 2.32. The van der Waals surface area contributed by atoms with Crippen LogP contribution < -0.4 is 14.8 Å². The molecule has 0 unspecified atom stereocenters. The zero-order valence-corrected chi connectivity index (χ0v) is 16.2. The average molecular weight is 390 g/mol. The minimum absolute atomic E-state index is 0.130. The van der Waals surface area contributed by atoms with E-state index in [4.69, 9.17) is 9.47 Å². The first-order valence-electron chi connectivity index (χ1n) is 9.88. The maximum absolute atomic E-state index is 13.0. The molecule has 2 N–H and O–H groups in total. The van der Waals surface area contributed by atoms with E-state index in [1.54, 1.807) is 25.4 Å². The summed E-state index contributed by atoms with van der Waals surface area (Å²) in [4.78, 5) is 17.2. The van der Waals surface area contributed by atoms with E-state index in [1.165, 1.54) is 0 Å². The molecule has 1 aromatic carbocycles. The first kappa shape index (κ1) is 17.9. The summed E-state index contributed by atoms with van der Waals surface area (Å²) >= 11 is 0. The van der Waals surface area contributed by atoms with Gasteiger partial charge in [0.2, 0.25) is 5.78 Å². The van der Waals surface area contributed by atoms with E-state index in [1.807, 2.05) is 18.2 Å². The van der Waals surface area contributed by atoms with Crippen molar-refractivity contribution in [2.75, 3.05) is 20.2 Å². The molecule has 2 aliphatic rings. The Bertz CT molecular complexity index is 1110. The zero-order chi connectivity index (χ0) is 19.8. The monoisotopic (exact) mass is 390 g/mol. The molecule has 4 heterocycles. The number of rotatable bonds is 4. The zero-order valence-electron chi connectivity index (χ0n) is 16.2. The van der Waals surface area contributed by atoms with Crippen LogP contribution in [0, 0.1) is 5.92 Å². The van der Waals surface area contributed by atoms with Gasteiger partial charge in [-0.25, -0.2) is 4.98 Å². The third kappa shape index (κ3) is 3.17. The third-order valence-corrected chi connectivity index (χ3v) is 5.70. The fourth-order valence-corrected chi connectivity index (χ4v) is 4.16. The Balaban J connectivity index is 1.52. The number of H-pyrrole nitrogens is 1. The molecule has 3 aromatic rings. The molecule has 0 atom stereocenters. The summed E-state index contributed by atoms with van der Waals surface area (Å²) in [5.41, 5.74) is 2.87. The van der Waals surface area contributed by atoms with Gasteiger partial charge in [-0.05, 0) is 62.5 Å². The van der Waals surface area contributed by atoms with Gasteiger partial charge in [0, 0.05) is 23.2 Å². The smallest absolute Gasteiger partial charge is 0.232 e. The number of fused-ring (bicyclic) bond motifs is 2. The number of benzene rings is 1. The number of nitrogens with one attached hydrogen (secondary N) is 2. The molecule has 2 aromatic heterocycles. The van der Waals surface area contributed by atoms with Gasteiger partial charge in [-0.2, -0.15) is 5.10 Å². The summed E-state index contributed by atoms with van der Waals surface area (Å²) in [6.07, 6.45) is 6.43. The number of ketones is 1. The molecule has 0 saturated carbocycles. The van der Waals surface area contributed by atoms with Crippen LogP contribution in [0.1, 0.15) is 34.5 Å². The lowest BCUT2D eigenvalue weighted by atomic mass is 9.89. The van der Waals surface area contributed by atoms with Crippen molar-refractivity contribution in [1.29, 1.82) is 0 Å². The number of hydrogen-bond donors (Lipinski definition) is 2. The predicted molar refractivity (Wildman–Crippen MR) is 109 cm³/mol. The summed E-state index contributed by atoms with van der Waals surface area (Å²) in [6, 6.07) is 7.41. The van der Waals surface area contributed by atoms with Crippen LogP contribution in [0.3, 0.4) is 0 Å². The van der Waals surface area contributed by atoms with E-state index in [-0.39, 0.29) is 11.5 Å². The Kier molecular flexibility index (Phi) is 4.52. The van der Waals surface area contributed by atoms with Crippen molar-refractivity contribution in [3.8, 4) is 11.5 Å². The number of aromatic amines is 1. The second-order valence-corrected chi connectivity index (χ2v) is 7.47. The standard InChI is InChI=1S/C22H22N4O3/c1-28-18-5-4-15-20(27)19(12-17-14-3-2-8-24-22(14)26-25-17)29-21(15)16(18)11-13-6-9-23-10-7-13/h2-5,8,12-13,23H,6-7,9-11H2,1H3,(H,24,25,26)/b19-12-. The molecule has 0 aliphatic carbocycles. The van der Waals surface area contributed by atoms with Crippen LogP contribution >= 0.6 is 0 Å². The number of methoxy groups -OCH3 is 1. The average Bonchev–Trinajstić information content (AvgIpc) is 3.31. The highest BCUT2D eigenvalue weighted by atomic mass is 16.5. The molecule has 7 nitrogen and oxygen atoms in total. The van der Waals surface area contributed by atoms with Crippen LogP contribution in [0.5, 0.6) is 11.5 Å². The van der Waals surface area contributed by atoms with Gasteiger partial charge >= 0.3 is 0 Å². The van der Waals surface area contributed by atoms with Gasteiger partial charge < -0.3 is 14.8 Å². The van der Waals surface area contributed by atoms with Crippen molar-refractivity contribution >= 4 is 22.9 Å². The molecule has 0 spiro atoms. The number of ether oxygens (including phenoxy) is 2. The van der Waals surface area contributed by atoms with Crippen LogP contribution in [0.2, 0.25) is 0 Å². The van der Waals surface area contributed by atoms with Crippen molar-refractivity contribution < 1.29 is 14.3 Å². The van der Waals surface area contributed by atoms with E-state index >= 15 is 0 Å². The van der Waals surface area contributed by atoms with Gasteiger partial charge in [0.25, 0.3) is 0 Å². The number of hydrogen-bond acceptors (Lipinski definition) is 6. The number of aromatic nitrogens is 3. The molecule has 1 fully saturated rings. The highest BCUT2D eigenvalue weighted by Crippen LogP contribution is 2.41. The molecule has 2 aliphatic heterocycles. The predicted octanol–water partition coefficient (Wildman–Crippen LogP) is 3.12. The van der Waals surface area contributed by atoms with Crippen LogP contribution in [0.4, 0.5) is 0 Å². The molecule has 0 radical (unpaired) electrons. The quantitative estimate of drug-likeness (QED) is 0.666. The molecule has 29 heavy (non-hydrogen) atoms. The summed E-state index contributed by atoms with van der Waals surface area (Å²) in [5.74, 6) is 2.08. The maximum atomic E-state index is 13.0. The highest BCUT2D eigenvalue weighted by molar-refractivity contribution is 6.15. The lowest BCUT2D eigenvalue weighted by Gasteiger charge is -2.24. The first-order chi connectivity index (χ1) is 14.2. The van der Waals surface area contributed by atoms with Crippen molar-refractivity contribution in [1.82, 2.24) is 20.5 Å². The normalized spacial score (nSPS) is 18.2. The minimum atomic E-state index is -0.130. The van der Waals surface area contributed by atoms with Crippen LogP contribution in [0.25, 0.3) is 17.1 Å². The fraction of sp³-hybridized carbons (Fsp3) is 0.318. The summed E-state index contributed by atoms with van der Waals surface area (Å²) in [6.45, 7) is 2.04. The molecular weight excluding hydrogens is 368 g/mol. The van der Waals surface area contributed by atoms with Crippen molar-refractivity contribution in [3.63, 3.8) is 0 Å². The first-order valence-corrected chi connectivity index (χ1v) is 9.88. The van der Waals surface area contributed by atoms with Crippen LogP contribution in [-0.4, -0.2) is 41.2 Å². The van der Waals surface area contributed by atoms with Gasteiger partial charge in [-0.3, -0.25) is 9.89 Å². The summed E-state index contributed by atoms with van der Waals surface area (Å²) in [5, 5.41) is 11.4. The van der Waals surface area contributed by atoms with Gasteiger partial charge in [-0.1, -0.05) is 0 Å². The Morgan fingerprint density at radius 1 is 1.28 bits per heavy atom. The fourth-order valence-electron chi connectivity index (χ4n) is 4.16. The van der Waals surface area contributed by atoms with E-state index in [0.717, 1.165) is 49.1 Å². The van der Waals surface area contributed by atoms with Gasteiger partial charge in [0.15, 0.2) is 11.4 Å². The molecule has 0 bridgehead atoms. The number of carbonyl (C=O) groups excluding carboxylic acids is 1. The number of Topliss-reactive ketones (excluding diaryl/α,β-unsaturated/α-hetero) is 1. The lowest BCUT2D eigenvalue weighted by molar-refractivity contribution is 0.101. The van der Waals surface area contributed by atoms with E-state index in [0.29, 0.717) is 28.6 Å². The second-order valence-electron chi connectivity index (χ2n) is 7.47. The number of piperidine rings is 1. The molecular formula is C22H22N4O3. The topological polar surface area (TPSA) is 89.1 Å². The SMILES string of the molecule is COc1ccc2c(c1CC1CCNCC1)O/C(=C\c1n[nH]c3ncccc13)C2=O. The minimum Gasteiger partial charge on any atom is -0.496 e. The molecule has 1 saturated heterocycles. The maximum Gasteiger partial charge on any atom is 0.232 e. The van der Waals surface area contributed by atoms with E-state index in [2.05, 4.69) is 20.5 Å². The van der Waals surface area contributed by atoms with E-state index < -0.39 is 0 Å². The molecule has 5 rings (SSSR count). The van der Waals surface area contributed by atoms with Crippen LogP contribution in [-0.2, 0) is 6.42 Å². The van der Waals surface area contributed by atoms with E-state index in [9.17, 15) is 4.79 Å². The van der Waals surface area contributed by atoms with Gasteiger partial charge in [-0.15, -0.1) is 0 Å². The van der Waals surface area contributed by atoms with Gasteiger partial charge in [0.1, 0.15) is 11.5 Å². The Hall–Kier alpha value is -3.19. The van der Waals surface area contributed by atoms with Crippen molar-refractivity contribution in [2.24, 2.45) is 5.92 Å². The third-order valence-electron chi connectivity index (χ3n) is 5.70. The second kappa shape index (κ2) is 7.33. The summed E-state index contributed by atoms with van der Waals surface area (Å²) < 4.78 is 11.7. The Labute approximate surface area is 168 Å².